The van der Waals surface area contributed by atoms with Crippen LogP contribution in [0.1, 0.15) is 10.4 Å². The van der Waals surface area contributed by atoms with Crippen molar-refractivity contribution < 1.29 is 14.3 Å². The van der Waals surface area contributed by atoms with E-state index >= 15 is 0 Å². The van der Waals surface area contributed by atoms with Crippen molar-refractivity contribution in [3.8, 4) is 10.6 Å². The van der Waals surface area contributed by atoms with Crippen LogP contribution in [0.3, 0.4) is 0 Å². The second-order valence-corrected chi connectivity index (χ2v) is 7.91. The van der Waals surface area contributed by atoms with Crippen LogP contribution in [0.5, 0.6) is 0 Å². The lowest BCUT2D eigenvalue weighted by molar-refractivity contribution is -0.118. The van der Waals surface area contributed by atoms with E-state index in [9.17, 15) is 9.59 Å². The van der Waals surface area contributed by atoms with Gasteiger partial charge in [-0.05, 0) is 36.4 Å². The van der Waals surface area contributed by atoms with Crippen molar-refractivity contribution in [3.63, 3.8) is 0 Å². The summed E-state index contributed by atoms with van der Waals surface area (Å²) in [6.45, 7) is 0.936. The number of methoxy groups -OCH3 is 1. The summed E-state index contributed by atoms with van der Waals surface area (Å²) in [7, 11) is 1.59. The number of thioether (sulfide) groups is 1. The van der Waals surface area contributed by atoms with Gasteiger partial charge in [0.05, 0.1) is 17.9 Å². The van der Waals surface area contributed by atoms with E-state index in [2.05, 4.69) is 15.6 Å². The second-order valence-electron chi connectivity index (χ2n) is 6.00. The fraction of sp³-hybridized carbons (Fsp3) is 0.190. The van der Waals surface area contributed by atoms with Crippen molar-refractivity contribution in [1.29, 1.82) is 0 Å². The Hall–Kier alpha value is -2.68. The minimum absolute atomic E-state index is 0.0972. The minimum Gasteiger partial charge on any atom is -0.383 e. The fourth-order valence-corrected chi connectivity index (χ4v) is 4.05. The van der Waals surface area contributed by atoms with Crippen LogP contribution in [0.15, 0.2) is 65.0 Å². The molecule has 0 saturated heterocycles. The number of hydrogen-bond acceptors (Lipinski definition) is 6. The number of aromatic nitrogens is 1. The van der Waals surface area contributed by atoms with Gasteiger partial charge in [-0.25, -0.2) is 4.98 Å². The Balaban J connectivity index is 1.61. The fourth-order valence-electron chi connectivity index (χ4n) is 2.53. The quantitative estimate of drug-likeness (QED) is 0.400. The SMILES string of the molecule is COCCNC(=O)CSc1ccccc1C(=O)Nc1ccc(-c2nccs2)cc1. The van der Waals surface area contributed by atoms with Crippen LogP contribution in [0.4, 0.5) is 5.69 Å². The molecule has 0 atom stereocenters. The summed E-state index contributed by atoms with van der Waals surface area (Å²) >= 11 is 2.90. The highest BCUT2D eigenvalue weighted by atomic mass is 32.2. The maximum absolute atomic E-state index is 12.8. The topological polar surface area (TPSA) is 80.3 Å². The van der Waals surface area contributed by atoms with Crippen LogP contribution >= 0.6 is 23.1 Å². The van der Waals surface area contributed by atoms with Gasteiger partial charge in [0.15, 0.2) is 0 Å². The zero-order valence-electron chi connectivity index (χ0n) is 15.9. The van der Waals surface area contributed by atoms with Gasteiger partial charge in [-0.3, -0.25) is 9.59 Å². The van der Waals surface area contributed by atoms with E-state index in [4.69, 9.17) is 4.74 Å². The zero-order valence-corrected chi connectivity index (χ0v) is 17.5. The molecule has 0 radical (unpaired) electrons. The molecule has 0 bridgehead atoms. The molecule has 3 rings (SSSR count). The van der Waals surface area contributed by atoms with Gasteiger partial charge in [0, 0.05) is 41.4 Å². The van der Waals surface area contributed by atoms with Gasteiger partial charge in [0.2, 0.25) is 5.91 Å². The van der Waals surface area contributed by atoms with E-state index in [0.29, 0.717) is 24.4 Å². The maximum atomic E-state index is 12.8. The Bertz CT molecular complexity index is 944. The van der Waals surface area contributed by atoms with E-state index in [1.54, 1.807) is 30.7 Å². The Kier molecular flexibility index (Phi) is 7.80. The maximum Gasteiger partial charge on any atom is 0.256 e. The van der Waals surface area contributed by atoms with E-state index in [1.165, 1.54) is 11.8 Å². The number of rotatable bonds is 9. The van der Waals surface area contributed by atoms with Gasteiger partial charge in [-0.1, -0.05) is 12.1 Å². The molecule has 1 aromatic heterocycles. The number of nitrogens with one attached hydrogen (secondary N) is 2. The average Bonchev–Trinajstić information content (AvgIpc) is 3.28. The number of hydrogen-bond donors (Lipinski definition) is 2. The van der Waals surface area contributed by atoms with Crippen molar-refractivity contribution in [2.45, 2.75) is 4.90 Å². The second kappa shape index (κ2) is 10.8. The molecule has 0 aliphatic heterocycles. The number of benzene rings is 2. The predicted molar refractivity (Wildman–Crippen MR) is 118 cm³/mol. The third-order valence-electron chi connectivity index (χ3n) is 3.94. The molecule has 0 unspecified atom stereocenters. The van der Waals surface area contributed by atoms with Crippen molar-refractivity contribution in [3.05, 3.63) is 65.7 Å². The number of ether oxygens (including phenoxy) is 1. The lowest BCUT2D eigenvalue weighted by atomic mass is 10.2. The highest BCUT2D eigenvalue weighted by molar-refractivity contribution is 8.00. The summed E-state index contributed by atoms with van der Waals surface area (Å²) < 4.78 is 4.91. The van der Waals surface area contributed by atoms with Gasteiger partial charge in [0.25, 0.3) is 5.91 Å². The summed E-state index contributed by atoms with van der Waals surface area (Å²) in [4.78, 5) is 29.7. The third-order valence-corrected chi connectivity index (χ3v) is 5.84. The Labute approximate surface area is 177 Å². The molecule has 2 amide bonds. The number of amides is 2. The van der Waals surface area contributed by atoms with E-state index < -0.39 is 0 Å². The molecule has 0 fully saturated rings. The summed E-state index contributed by atoms with van der Waals surface area (Å²) in [6.07, 6.45) is 1.77. The molecule has 0 aliphatic rings. The van der Waals surface area contributed by atoms with Crippen LogP contribution in [0.25, 0.3) is 10.6 Å². The molecule has 2 aromatic carbocycles. The van der Waals surface area contributed by atoms with Gasteiger partial charge in [0.1, 0.15) is 5.01 Å². The highest BCUT2D eigenvalue weighted by Gasteiger charge is 2.13. The van der Waals surface area contributed by atoms with E-state index in [-0.39, 0.29) is 17.6 Å². The van der Waals surface area contributed by atoms with Crippen molar-refractivity contribution in [2.24, 2.45) is 0 Å². The van der Waals surface area contributed by atoms with Gasteiger partial charge < -0.3 is 15.4 Å². The van der Waals surface area contributed by atoms with E-state index in [1.807, 2.05) is 47.8 Å². The Morgan fingerprint density at radius 3 is 2.66 bits per heavy atom. The standard InChI is InChI=1S/C21H21N3O3S2/c1-27-12-10-22-19(25)14-29-18-5-3-2-4-17(18)20(26)24-16-8-6-15(7-9-16)21-23-11-13-28-21/h2-9,11,13H,10,12,14H2,1H3,(H,22,25)(H,24,26). The molecule has 0 aliphatic carbocycles. The van der Waals surface area contributed by atoms with Crippen LogP contribution < -0.4 is 10.6 Å². The van der Waals surface area contributed by atoms with E-state index in [0.717, 1.165) is 15.5 Å². The summed E-state index contributed by atoms with van der Waals surface area (Å²) in [5.41, 5.74) is 2.24. The predicted octanol–water partition coefficient (Wildman–Crippen LogP) is 3.92. The molecule has 0 spiro atoms. The Morgan fingerprint density at radius 2 is 1.93 bits per heavy atom. The smallest absolute Gasteiger partial charge is 0.256 e. The monoisotopic (exact) mass is 427 g/mol. The molecule has 2 N–H and O–H groups in total. The van der Waals surface area contributed by atoms with Crippen molar-refractivity contribution in [1.82, 2.24) is 10.3 Å². The van der Waals surface area contributed by atoms with Crippen molar-refractivity contribution in [2.75, 3.05) is 31.3 Å². The summed E-state index contributed by atoms with van der Waals surface area (Å²) in [5.74, 6) is -0.0776. The molecule has 29 heavy (non-hydrogen) atoms. The van der Waals surface area contributed by atoms with Gasteiger partial charge >= 0.3 is 0 Å². The molecule has 6 nitrogen and oxygen atoms in total. The minimum atomic E-state index is -0.213. The highest BCUT2D eigenvalue weighted by Crippen LogP contribution is 2.25. The zero-order chi connectivity index (χ0) is 20.5. The first kappa shape index (κ1) is 21.0. The number of carbonyl (C=O) groups is 2. The molecule has 150 valence electrons. The third kappa shape index (κ3) is 6.15. The average molecular weight is 428 g/mol. The van der Waals surface area contributed by atoms with Crippen LogP contribution in [0, 0.1) is 0 Å². The molecule has 0 saturated carbocycles. The lowest BCUT2D eigenvalue weighted by Crippen LogP contribution is -2.28. The first-order valence-corrected chi connectivity index (χ1v) is 10.8. The van der Waals surface area contributed by atoms with Crippen LogP contribution in [0.2, 0.25) is 0 Å². The molecule has 1 heterocycles. The van der Waals surface area contributed by atoms with Crippen molar-refractivity contribution >= 4 is 40.6 Å². The number of nitrogens with zero attached hydrogens (tertiary/aromatic N) is 1. The van der Waals surface area contributed by atoms with Crippen LogP contribution in [-0.2, 0) is 9.53 Å². The number of anilines is 1. The first-order chi connectivity index (χ1) is 14.2. The molecule has 8 heteroatoms. The van der Waals surface area contributed by atoms with Gasteiger partial charge in [-0.15, -0.1) is 23.1 Å². The van der Waals surface area contributed by atoms with Crippen LogP contribution in [-0.4, -0.2) is 42.8 Å². The number of carbonyl (C=O) groups excluding carboxylic acids is 2. The number of thiazole rings is 1. The summed E-state index contributed by atoms with van der Waals surface area (Å²) in [5, 5.41) is 8.55. The lowest BCUT2D eigenvalue weighted by Gasteiger charge is -2.10. The largest absolute Gasteiger partial charge is 0.383 e. The molecular weight excluding hydrogens is 406 g/mol. The molecule has 3 aromatic rings. The van der Waals surface area contributed by atoms with Gasteiger partial charge in [-0.2, -0.15) is 0 Å². The Morgan fingerprint density at radius 1 is 1.14 bits per heavy atom. The first-order valence-electron chi connectivity index (χ1n) is 8.96. The normalized spacial score (nSPS) is 10.5. The summed E-state index contributed by atoms with van der Waals surface area (Å²) in [6, 6.07) is 14.8. The molecular formula is C21H21N3O3S2.